The van der Waals surface area contributed by atoms with Crippen molar-refractivity contribution in [1.29, 1.82) is 0 Å². The molecule has 3 aromatic rings. The Kier molecular flexibility index (Phi) is 6.12. The number of hydrogen-bond donors (Lipinski definition) is 0. The fourth-order valence-electron chi connectivity index (χ4n) is 2.83. The lowest BCUT2D eigenvalue weighted by atomic mass is 10.0. The van der Waals surface area contributed by atoms with Gasteiger partial charge < -0.3 is 4.52 Å². The van der Waals surface area contributed by atoms with Crippen molar-refractivity contribution in [2.45, 2.75) is 39.5 Å². The summed E-state index contributed by atoms with van der Waals surface area (Å²) < 4.78 is 6.45. The minimum Gasteiger partial charge on any atom is -0.464 e. The molecule has 0 N–H and O–H groups in total. The van der Waals surface area contributed by atoms with Crippen LogP contribution < -0.4 is 15.1 Å². The molecule has 0 atom stereocenters. The second kappa shape index (κ2) is 8.52. The molecule has 26 heavy (non-hydrogen) atoms. The molecule has 0 radical (unpaired) electrons. The largest absolute Gasteiger partial charge is 0.464 e. The summed E-state index contributed by atoms with van der Waals surface area (Å²) in [7, 11) is -0.890. The molecule has 0 aliphatic heterocycles. The van der Waals surface area contributed by atoms with Gasteiger partial charge in [0, 0.05) is 10.6 Å². The molecule has 0 bridgehead atoms. The van der Waals surface area contributed by atoms with Crippen LogP contribution in [0.2, 0.25) is 0 Å². The lowest BCUT2D eigenvalue weighted by Gasteiger charge is -2.20. The summed E-state index contributed by atoms with van der Waals surface area (Å²) in [5.41, 5.74) is 2.72. The summed E-state index contributed by atoms with van der Waals surface area (Å²) >= 11 is 0. The van der Waals surface area contributed by atoms with Gasteiger partial charge in [-0.05, 0) is 35.1 Å². The summed E-state index contributed by atoms with van der Waals surface area (Å²) in [4.78, 5) is 0. The van der Waals surface area contributed by atoms with Crippen LogP contribution in [0.1, 0.15) is 50.7 Å². The van der Waals surface area contributed by atoms with Crippen molar-refractivity contribution >= 4 is 18.8 Å². The van der Waals surface area contributed by atoms with Gasteiger partial charge in [0.05, 0.1) is 0 Å². The van der Waals surface area contributed by atoms with E-state index in [1.54, 1.807) is 0 Å². The van der Waals surface area contributed by atoms with Gasteiger partial charge in [-0.25, -0.2) is 0 Å². The van der Waals surface area contributed by atoms with Gasteiger partial charge in [-0.3, -0.25) is 0 Å². The van der Waals surface area contributed by atoms with Gasteiger partial charge >= 0.3 is 0 Å². The van der Waals surface area contributed by atoms with E-state index in [1.807, 2.05) is 30.3 Å². The average Bonchev–Trinajstić information content (AvgIpc) is 2.67. The minimum absolute atomic E-state index is 0.538. The predicted octanol–water partition coefficient (Wildman–Crippen LogP) is 6.36. The van der Waals surface area contributed by atoms with Crippen molar-refractivity contribution in [1.82, 2.24) is 0 Å². The lowest BCUT2D eigenvalue weighted by molar-refractivity contribution is 0.630. The molecule has 0 aliphatic carbocycles. The monoisotopic (exact) mass is 362 g/mol. The third-order valence-corrected chi connectivity index (χ3v) is 6.46. The molecular weight excluding hydrogens is 335 g/mol. The molecule has 3 rings (SSSR count). The van der Waals surface area contributed by atoms with Gasteiger partial charge in [-0.15, -0.1) is 0 Å². The third-order valence-electron chi connectivity index (χ3n) is 4.53. The first kappa shape index (κ1) is 18.7. The SMILES string of the molecule is CC(C)c1ccc(P(Oc2ccccc2)c2ccc(C(C)C)cc2)cc1. The van der Waals surface area contributed by atoms with Gasteiger partial charge in [-0.1, -0.05) is 94.4 Å². The number of rotatable bonds is 6. The van der Waals surface area contributed by atoms with E-state index in [1.165, 1.54) is 21.7 Å². The Hall–Kier alpha value is -2.11. The summed E-state index contributed by atoms with van der Waals surface area (Å²) in [5, 5.41) is 2.48. The highest BCUT2D eigenvalue weighted by Gasteiger charge is 2.18. The Morgan fingerprint density at radius 1 is 0.577 bits per heavy atom. The van der Waals surface area contributed by atoms with Crippen LogP contribution in [0.25, 0.3) is 0 Å². The molecule has 0 fully saturated rings. The molecule has 0 amide bonds. The maximum Gasteiger partial charge on any atom is 0.150 e. The summed E-state index contributed by atoms with van der Waals surface area (Å²) in [6.45, 7) is 8.90. The van der Waals surface area contributed by atoms with E-state index < -0.39 is 8.15 Å². The Morgan fingerprint density at radius 3 is 1.38 bits per heavy atom. The third kappa shape index (κ3) is 4.54. The first-order valence-electron chi connectivity index (χ1n) is 9.27. The first-order chi connectivity index (χ1) is 12.5. The zero-order valence-corrected chi connectivity index (χ0v) is 16.9. The Labute approximate surface area is 158 Å². The molecule has 0 heterocycles. The van der Waals surface area contributed by atoms with Crippen LogP contribution in [0.5, 0.6) is 5.75 Å². The van der Waals surface area contributed by atoms with Crippen LogP contribution >= 0.6 is 8.15 Å². The molecule has 0 spiro atoms. The molecule has 1 nitrogen and oxygen atoms in total. The van der Waals surface area contributed by atoms with Crippen molar-refractivity contribution in [3.8, 4) is 5.75 Å². The van der Waals surface area contributed by atoms with E-state index in [-0.39, 0.29) is 0 Å². The summed E-state index contributed by atoms with van der Waals surface area (Å²) in [5.74, 6) is 1.99. The molecule has 0 saturated carbocycles. The molecule has 0 unspecified atom stereocenters. The standard InChI is InChI=1S/C24H27OP/c1-18(2)20-10-14-23(15-11-20)26(25-22-8-6-5-7-9-22)24-16-12-21(13-17-24)19(3)4/h5-19H,1-4H3. The highest BCUT2D eigenvalue weighted by atomic mass is 31.1. The Morgan fingerprint density at radius 2 is 1.00 bits per heavy atom. The quantitative estimate of drug-likeness (QED) is 0.464. The van der Waals surface area contributed by atoms with Crippen LogP contribution in [0.3, 0.4) is 0 Å². The second-order valence-corrected chi connectivity index (χ2v) is 9.00. The van der Waals surface area contributed by atoms with Gasteiger partial charge in [-0.2, -0.15) is 0 Å². The van der Waals surface area contributed by atoms with E-state index in [4.69, 9.17) is 4.52 Å². The smallest absolute Gasteiger partial charge is 0.150 e. The lowest BCUT2D eigenvalue weighted by Crippen LogP contribution is -2.16. The average molecular weight is 362 g/mol. The van der Waals surface area contributed by atoms with Crippen LogP contribution in [0.15, 0.2) is 78.9 Å². The minimum atomic E-state index is -0.890. The zero-order valence-electron chi connectivity index (χ0n) is 16.0. The molecule has 3 aromatic carbocycles. The number of para-hydroxylation sites is 1. The van der Waals surface area contributed by atoms with Crippen molar-refractivity contribution in [2.24, 2.45) is 0 Å². The van der Waals surface area contributed by atoms with Gasteiger partial charge in [0.25, 0.3) is 0 Å². The molecular formula is C24H27OP. The fraction of sp³-hybridized carbons (Fsp3) is 0.250. The van der Waals surface area contributed by atoms with Gasteiger partial charge in [0.2, 0.25) is 0 Å². The van der Waals surface area contributed by atoms with Crippen molar-refractivity contribution < 1.29 is 4.52 Å². The second-order valence-electron chi connectivity index (χ2n) is 7.19. The number of hydrogen-bond acceptors (Lipinski definition) is 1. The predicted molar refractivity (Wildman–Crippen MR) is 114 cm³/mol. The van der Waals surface area contributed by atoms with E-state index in [0.29, 0.717) is 11.8 Å². The van der Waals surface area contributed by atoms with Crippen LogP contribution in [-0.2, 0) is 0 Å². The topological polar surface area (TPSA) is 9.23 Å². The van der Waals surface area contributed by atoms with E-state index >= 15 is 0 Å². The van der Waals surface area contributed by atoms with E-state index in [2.05, 4.69) is 76.2 Å². The number of benzene rings is 3. The summed E-state index contributed by atoms with van der Waals surface area (Å²) in [6, 6.07) is 27.9. The highest BCUT2D eigenvalue weighted by molar-refractivity contribution is 7.68. The van der Waals surface area contributed by atoms with Crippen molar-refractivity contribution in [2.75, 3.05) is 0 Å². The summed E-state index contributed by atoms with van der Waals surface area (Å²) in [6.07, 6.45) is 0. The normalized spacial score (nSPS) is 11.3. The molecule has 0 aromatic heterocycles. The van der Waals surface area contributed by atoms with Gasteiger partial charge in [0.1, 0.15) is 5.75 Å². The molecule has 2 heteroatoms. The Balaban J connectivity index is 1.95. The van der Waals surface area contributed by atoms with Crippen LogP contribution in [-0.4, -0.2) is 0 Å². The first-order valence-corrected chi connectivity index (χ1v) is 10.5. The molecule has 0 aliphatic rings. The fourth-order valence-corrected chi connectivity index (χ4v) is 4.51. The molecule has 0 saturated heterocycles. The van der Waals surface area contributed by atoms with Crippen molar-refractivity contribution in [3.63, 3.8) is 0 Å². The highest BCUT2D eigenvalue weighted by Crippen LogP contribution is 2.37. The maximum atomic E-state index is 6.45. The van der Waals surface area contributed by atoms with E-state index in [9.17, 15) is 0 Å². The van der Waals surface area contributed by atoms with Crippen LogP contribution in [0, 0.1) is 0 Å². The van der Waals surface area contributed by atoms with Gasteiger partial charge in [0.15, 0.2) is 8.15 Å². The maximum absolute atomic E-state index is 6.45. The zero-order chi connectivity index (χ0) is 18.5. The Bertz CT molecular complexity index is 754. The van der Waals surface area contributed by atoms with Crippen molar-refractivity contribution in [3.05, 3.63) is 90.0 Å². The molecule has 134 valence electrons. The van der Waals surface area contributed by atoms with Crippen LogP contribution in [0.4, 0.5) is 0 Å². The van der Waals surface area contributed by atoms with E-state index in [0.717, 1.165) is 5.75 Å².